The lowest BCUT2D eigenvalue weighted by molar-refractivity contribution is -0.137. The molecule has 1 aromatic heterocycles. The van der Waals surface area contributed by atoms with Crippen LogP contribution in [0.3, 0.4) is 0 Å². The van der Waals surface area contributed by atoms with Gasteiger partial charge in [-0.25, -0.2) is 4.79 Å². The van der Waals surface area contributed by atoms with Crippen LogP contribution in [0, 0.1) is 0 Å². The summed E-state index contributed by atoms with van der Waals surface area (Å²) in [6.07, 6.45) is 4.24. The largest absolute Gasteiger partial charge is 0.481 e. The monoisotopic (exact) mass is 283 g/mol. The van der Waals surface area contributed by atoms with E-state index in [4.69, 9.17) is 5.11 Å². The van der Waals surface area contributed by atoms with Crippen LogP contribution in [0.1, 0.15) is 38.5 Å². The molecule has 1 aromatic rings. The van der Waals surface area contributed by atoms with Gasteiger partial charge >= 0.3 is 11.7 Å². The van der Waals surface area contributed by atoms with Gasteiger partial charge in [-0.15, -0.1) is 0 Å². The minimum Gasteiger partial charge on any atom is -0.481 e. The van der Waals surface area contributed by atoms with Crippen molar-refractivity contribution in [3.63, 3.8) is 0 Å². The summed E-state index contributed by atoms with van der Waals surface area (Å²) in [6, 6.07) is 0. The molecule has 8 nitrogen and oxygen atoms in total. The molecule has 0 aromatic carbocycles. The fraction of sp³-hybridized carbons (Fsp3) is 0.500. The van der Waals surface area contributed by atoms with Crippen molar-refractivity contribution in [3.8, 4) is 0 Å². The van der Waals surface area contributed by atoms with E-state index in [1.54, 1.807) is 0 Å². The average Bonchev–Trinajstić information content (AvgIpc) is 2.36. The Bertz CT molecular complexity index is 575. The Balaban J connectivity index is 2.25. The zero-order valence-electron chi connectivity index (χ0n) is 10.9. The minimum absolute atomic E-state index is 0.000442. The third-order valence-corrected chi connectivity index (χ3v) is 2.64. The molecule has 20 heavy (non-hydrogen) atoms. The van der Waals surface area contributed by atoms with Crippen molar-refractivity contribution in [3.05, 3.63) is 27.0 Å². The highest BCUT2D eigenvalue weighted by Gasteiger charge is 2.06. The first kappa shape index (κ1) is 15.7. The second-order valence-corrected chi connectivity index (χ2v) is 4.34. The summed E-state index contributed by atoms with van der Waals surface area (Å²) in [5.41, 5.74) is -1.28. The van der Waals surface area contributed by atoms with E-state index < -0.39 is 17.2 Å². The van der Waals surface area contributed by atoms with E-state index >= 15 is 0 Å². The molecule has 0 aliphatic rings. The van der Waals surface area contributed by atoms with Crippen LogP contribution in [0.2, 0.25) is 0 Å². The highest BCUT2D eigenvalue weighted by Crippen LogP contribution is 2.06. The Hall–Kier alpha value is -2.38. The molecule has 1 rings (SSSR count). The normalized spacial score (nSPS) is 10.2. The summed E-state index contributed by atoms with van der Waals surface area (Å²) in [7, 11) is 0. The van der Waals surface area contributed by atoms with Gasteiger partial charge in [0.05, 0.1) is 0 Å². The van der Waals surface area contributed by atoms with Gasteiger partial charge in [0.2, 0.25) is 5.91 Å². The Kier molecular flexibility index (Phi) is 6.21. The van der Waals surface area contributed by atoms with Crippen LogP contribution < -0.4 is 16.6 Å². The Morgan fingerprint density at radius 1 is 1.10 bits per heavy atom. The van der Waals surface area contributed by atoms with Crippen molar-refractivity contribution in [2.75, 3.05) is 5.32 Å². The van der Waals surface area contributed by atoms with E-state index in [1.165, 1.54) is 0 Å². The average molecular weight is 283 g/mol. The number of hydrogen-bond donors (Lipinski definition) is 4. The zero-order valence-corrected chi connectivity index (χ0v) is 10.9. The number of aliphatic carboxylic acids is 1. The third kappa shape index (κ3) is 5.98. The molecule has 0 radical (unpaired) electrons. The Morgan fingerprint density at radius 2 is 1.75 bits per heavy atom. The summed E-state index contributed by atoms with van der Waals surface area (Å²) < 4.78 is 0. The van der Waals surface area contributed by atoms with Gasteiger partial charge in [0.25, 0.3) is 5.56 Å². The van der Waals surface area contributed by atoms with Gasteiger partial charge in [0.15, 0.2) is 0 Å². The van der Waals surface area contributed by atoms with Crippen molar-refractivity contribution in [2.24, 2.45) is 0 Å². The van der Waals surface area contributed by atoms with Gasteiger partial charge in [-0.1, -0.05) is 12.8 Å². The first-order valence-corrected chi connectivity index (χ1v) is 6.32. The van der Waals surface area contributed by atoms with Crippen LogP contribution in [0.15, 0.2) is 15.8 Å². The smallest absolute Gasteiger partial charge is 0.325 e. The maximum absolute atomic E-state index is 11.5. The number of unbranched alkanes of at least 4 members (excludes halogenated alkanes) is 3. The lowest BCUT2D eigenvalue weighted by atomic mass is 10.1. The minimum atomic E-state index is -0.819. The predicted molar refractivity (Wildman–Crippen MR) is 71.7 cm³/mol. The van der Waals surface area contributed by atoms with Crippen LogP contribution in [-0.4, -0.2) is 27.0 Å². The molecule has 0 bridgehead atoms. The fourth-order valence-electron chi connectivity index (χ4n) is 1.63. The highest BCUT2D eigenvalue weighted by atomic mass is 16.4. The number of carboxylic acid groups (broad SMARTS) is 1. The number of amides is 1. The van der Waals surface area contributed by atoms with Crippen molar-refractivity contribution in [1.29, 1.82) is 0 Å². The molecule has 1 heterocycles. The molecule has 4 N–H and O–H groups in total. The molecular weight excluding hydrogens is 266 g/mol. The van der Waals surface area contributed by atoms with Crippen molar-refractivity contribution < 1.29 is 14.7 Å². The Labute approximate surface area is 114 Å². The zero-order chi connectivity index (χ0) is 15.0. The molecule has 0 saturated heterocycles. The van der Waals surface area contributed by atoms with Crippen LogP contribution >= 0.6 is 0 Å². The van der Waals surface area contributed by atoms with Crippen molar-refractivity contribution >= 4 is 17.6 Å². The number of carbonyl (C=O) groups excluding carboxylic acids is 1. The second kappa shape index (κ2) is 7.93. The van der Waals surface area contributed by atoms with E-state index in [2.05, 4.69) is 10.3 Å². The summed E-state index contributed by atoms with van der Waals surface area (Å²) in [6.45, 7) is 0. The number of aromatic nitrogens is 2. The van der Waals surface area contributed by atoms with Gasteiger partial charge in [-0.3, -0.25) is 19.4 Å². The van der Waals surface area contributed by atoms with Gasteiger partial charge in [-0.05, 0) is 12.8 Å². The summed E-state index contributed by atoms with van der Waals surface area (Å²) in [4.78, 5) is 48.2. The third-order valence-electron chi connectivity index (χ3n) is 2.64. The molecule has 8 heteroatoms. The molecule has 110 valence electrons. The van der Waals surface area contributed by atoms with E-state index in [-0.39, 0.29) is 24.4 Å². The van der Waals surface area contributed by atoms with E-state index in [0.717, 1.165) is 19.0 Å². The molecule has 0 saturated carbocycles. The van der Waals surface area contributed by atoms with Crippen molar-refractivity contribution in [1.82, 2.24) is 9.97 Å². The number of carboxylic acids is 1. The van der Waals surface area contributed by atoms with Crippen LogP contribution in [0.4, 0.5) is 5.69 Å². The summed E-state index contributed by atoms with van der Waals surface area (Å²) in [5.74, 6) is -1.14. The summed E-state index contributed by atoms with van der Waals surface area (Å²) >= 11 is 0. The molecule has 0 spiro atoms. The van der Waals surface area contributed by atoms with Crippen LogP contribution in [-0.2, 0) is 9.59 Å². The predicted octanol–water partition coefficient (Wildman–Crippen LogP) is 0.427. The molecule has 0 aliphatic carbocycles. The topological polar surface area (TPSA) is 132 Å². The van der Waals surface area contributed by atoms with E-state index in [1.807, 2.05) is 4.98 Å². The SMILES string of the molecule is O=C(O)CCCCCCC(=O)Nc1c[nH]c(=O)[nH]c1=O. The van der Waals surface area contributed by atoms with Crippen LogP contribution in [0.25, 0.3) is 0 Å². The fourth-order valence-corrected chi connectivity index (χ4v) is 1.63. The molecule has 0 aliphatic heterocycles. The maximum Gasteiger partial charge on any atom is 0.325 e. The first-order chi connectivity index (χ1) is 9.49. The molecular formula is C12H17N3O5. The Morgan fingerprint density at radius 3 is 2.35 bits per heavy atom. The van der Waals surface area contributed by atoms with Crippen LogP contribution in [0.5, 0.6) is 0 Å². The standard InChI is InChI=1S/C12H17N3O5/c16-9(5-3-1-2-4-6-10(17)18)14-8-7-13-12(20)15-11(8)19/h7H,1-6H2,(H,14,16)(H,17,18)(H2,13,15,19,20). The van der Waals surface area contributed by atoms with Gasteiger partial charge in [0, 0.05) is 19.0 Å². The lowest BCUT2D eigenvalue weighted by Crippen LogP contribution is -2.26. The van der Waals surface area contributed by atoms with E-state index in [9.17, 15) is 19.2 Å². The number of rotatable bonds is 8. The van der Waals surface area contributed by atoms with Crippen molar-refractivity contribution in [2.45, 2.75) is 38.5 Å². The summed E-state index contributed by atoms with van der Waals surface area (Å²) in [5, 5.41) is 10.8. The molecule has 1 amide bonds. The quantitative estimate of drug-likeness (QED) is 0.513. The van der Waals surface area contributed by atoms with Gasteiger partial charge in [-0.2, -0.15) is 0 Å². The molecule has 0 unspecified atom stereocenters. The lowest BCUT2D eigenvalue weighted by Gasteiger charge is -2.03. The molecule has 0 fully saturated rings. The number of carbonyl (C=O) groups is 2. The van der Waals surface area contributed by atoms with Gasteiger partial charge in [0.1, 0.15) is 5.69 Å². The molecule has 0 atom stereocenters. The number of hydrogen-bond acceptors (Lipinski definition) is 4. The first-order valence-electron chi connectivity index (χ1n) is 6.32. The number of nitrogens with one attached hydrogen (secondary N) is 3. The highest BCUT2D eigenvalue weighted by molar-refractivity contribution is 5.90. The number of H-pyrrole nitrogens is 2. The number of anilines is 1. The maximum atomic E-state index is 11.5. The second-order valence-electron chi connectivity index (χ2n) is 4.34. The van der Waals surface area contributed by atoms with E-state index in [0.29, 0.717) is 12.8 Å². The van der Waals surface area contributed by atoms with Gasteiger partial charge < -0.3 is 15.4 Å². The number of aromatic amines is 2.